The summed E-state index contributed by atoms with van der Waals surface area (Å²) in [4.78, 5) is 39.0. The molecule has 1 aliphatic rings. The number of ketones is 1. The fraction of sp³-hybridized carbons (Fsp3) is 0.560. The SMILES string of the molecule is C/C=C/C=C/CCCC/C=C/C(O)=C1/C(=O)[C@H](C[C@@](O)(C(=O)OCC)C(C)C)N(C)C1=O. The first-order chi connectivity index (χ1) is 15.1. The largest absolute Gasteiger partial charge is 0.507 e. The molecule has 1 aliphatic heterocycles. The van der Waals surface area contributed by atoms with E-state index in [1.807, 2.05) is 25.2 Å². The second-order valence-corrected chi connectivity index (χ2v) is 8.20. The predicted octanol–water partition coefficient (Wildman–Crippen LogP) is 3.80. The van der Waals surface area contributed by atoms with Gasteiger partial charge in [0.25, 0.3) is 5.91 Å². The number of carbonyl (C=O) groups is 3. The minimum absolute atomic E-state index is 0.0874. The van der Waals surface area contributed by atoms with E-state index in [1.54, 1.807) is 26.8 Å². The quantitative estimate of drug-likeness (QED) is 0.118. The molecule has 1 amide bonds. The molecule has 2 N–H and O–H groups in total. The Balaban J connectivity index is 2.87. The van der Waals surface area contributed by atoms with Gasteiger partial charge in [-0.25, -0.2) is 4.79 Å². The van der Waals surface area contributed by atoms with Gasteiger partial charge in [-0.05, 0) is 51.5 Å². The number of aliphatic hydroxyl groups excluding tert-OH is 1. The average Bonchev–Trinajstić information content (AvgIpc) is 2.95. The van der Waals surface area contributed by atoms with Gasteiger partial charge in [0.05, 0.1) is 12.6 Å². The number of aliphatic hydroxyl groups is 2. The number of likely N-dealkylation sites (N-methyl/N-ethyl adjacent to an activating group) is 1. The molecule has 1 saturated heterocycles. The van der Waals surface area contributed by atoms with E-state index >= 15 is 0 Å². The minimum atomic E-state index is -1.92. The van der Waals surface area contributed by atoms with E-state index in [0.717, 1.165) is 24.2 Å². The number of likely N-dealkylation sites (tertiary alicyclic amines) is 1. The molecule has 0 aromatic heterocycles. The summed E-state index contributed by atoms with van der Waals surface area (Å²) < 4.78 is 4.98. The molecule has 178 valence electrons. The van der Waals surface area contributed by atoms with Crippen LogP contribution in [0.5, 0.6) is 0 Å². The Kier molecular flexibility index (Phi) is 11.1. The van der Waals surface area contributed by atoms with E-state index in [4.69, 9.17) is 4.74 Å². The van der Waals surface area contributed by atoms with Crippen LogP contribution in [0.3, 0.4) is 0 Å². The Bertz CT molecular complexity index is 792. The molecule has 0 saturated carbocycles. The van der Waals surface area contributed by atoms with Gasteiger partial charge in [0.1, 0.15) is 11.3 Å². The Morgan fingerprint density at radius 3 is 2.38 bits per heavy atom. The second-order valence-electron chi connectivity index (χ2n) is 8.20. The molecule has 0 spiro atoms. The zero-order valence-corrected chi connectivity index (χ0v) is 19.8. The van der Waals surface area contributed by atoms with Gasteiger partial charge in [-0.1, -0.05) is 44.2 Å². The summed E-state index contributed by atoms with van der Waals surface area (Å²) in [5.41, 5.74) is -2.24. The summed E-state index contributed by atoms with van der Waals surface area (Å²) in [6.45, 7) is 6.96. The minimum Gasteiger partial charge on any atom is -0.507 e. The Hall–Kier alpha value is -2.67. The number of esters is 1. The van der Waals surface area contributed by atoms with Gasteiger partial charge in [-0.15, -0.1) is 0 Å². The fourth-order valence-corrected chi connectivity index (χ4v) is 3.43. The van der Waals surface area contributed by atoms with Crippen LogP contribution in [0.2, 0.25) is 0 Å². The predicted molar refractivity (Wildman–Crippen MR) is 124 cm³/mol. The highest BCUT2D eigenvalue weighted by molar-refractivity contribution is 6.27. The molecule has 1 heterocycles. The topological polar surface area (TPSA) is 104 Å². The van der Waals surface area contributed by atoms with Crippen LogP contribution in [0.25, 0.3) is 0 Å². The summed E-state index contributed by atoms with van der Waals surface area (Å²) in [6, 6.07) is -1.06. The fourth-order valence-electron chi connectivity index (χ4n) is 3.43. The molecule has 1 rings (SSSR count). The first-order valence-corrected chi connectivity index (χ1v) is 11.2. The number of Topliss-reactive ketones (excluding diaryl/α,β-unsaturated/α-hetero) is 1. The van der Waals surface area contributed by atoms with Crippen LogP contribution in [-0.4, -0.2) is 58.1 Å². The van der Waals surface area contributed by atoms with Gasteiger partial charge in [0, 0.05) is 13.5 Å². The summed E-state index contributed by atoms with van der Waals surface area (Å²) in [5.74, 6) is -3.01. The molecule has 0 aromatic carbocycles. The molecular weight excluding hydrogens is 410 g/mol. The van der Waals surface area contributed by atoms with Crippen molar-refractivity contribution < 1.29 is 29.3 Å². The normalized spacial score (nSPS) is 20.8. The monoisotopic (exact) mass is 447 g/mol. The van der Waals surface area contributed by atoms with E-state index in [9.17, 15) is 24.6 Å². The van der Waals surface area contributed by atoms with Crippen LogP contribution in [0, 0.1) is 5.92 Å². The number of rotatable bonds is 12. The zero-order chi connectivity index (χ0) is 24.3. The number of amides is 1. The van der Waals surface area contributed by atoms with Crippen molar-refractivity contribution in [2.24, 2.45) is 5.92 Å². The number of nitrogens with zero attached hydrogens (tertiary/aromatic N) is 1. The lowest BCUT2D eigenvalue weighted by Gasteiger charge is -2.33. The third-order valence-corrected chi connectivity index (χ3v) is 5.60. The van der Waals surface area contributed by atoms with Crippen LogP contribution in [0.4, 0.5) is 0 Å². The highest BCUT2D eigenvalue weighted by atomic mass is 16.5. The number of carbonyl (C=O) groups excluding carboxylic acids is 3. The lowest BCUT2D eigenvalue weighted by molar-refractivity contribution is -0.173. The van der Waals surface area contributed by atoms with Gasteiger partial charge in [0.15, 0.2) is 11.4 Å². The van der Waals surface area contributed by atoms with Crippen molar-refractivity contribution in [3.05, 3.63) is 47.8 Å². The average molecular weight is 448 g/mol. The zero-order valence-electron chi connectivity index (χ0n) is 19.8. The summed E-state index contributed by atoms with van der Waals surface area (Å²) in [5, 5.41) is 21.3. The van der Waals surface area contributed by atoms with Crippen molar-refractivity contribution in [3.8, 4) is 0 Å². The maximum Gasteiger partial charge on any atom is 0.338 e. The van der Waals surface area contributed by atoms with Gasteiger partial charge in [-0.2, -0.15) is 0 Å². The molecular formula is C25H37NO6. The van der Waals surface area contributed by atoms with Crippen molar-refractivity contribution >= 4 is 17.7 Å². The van der Waals surface area contributed by atoms with Crippen molar-refractivity contribution in [1.29, 1.82) is 0 Å². The number of allylic oxidation sites excluding steroid dienone is 6. The molecule has 0 radical (unpaired) electrons. The third kappa shape index (κ3) is 6.92. The summed E-state index contributed by atoms with van der Waals surface area (Å²) >= 11 is 0. The third-order valence-electron chi connectivity index (χ3n) is 5.60. The molecule has 7 heteroatoms. The van der Waals surface area contributed by atoms with Crippen LogP contribution in [-0.2, 0) is 19.1 Å². The Labute approximate surface area is 191 Å². The second kappa shape index (κ2) is 13.0. The molecule has 2 atom stereocenters. The van der Waals surface area contributed by atoms with Gasteiger partial charge >= 0.3 is 5.97 Å². The van der Waals surface area contributed by atoms with E-state index in [1.165, 1.54) is 13.1 Å². The van der Waals surface area contributed by atoms with Crippen molar-refractivity contribution in [2.75, 3.05) is 13.7 Å². The van der Waals surface area contributed by atoms with Crippen LogP contribution in [0.15, 0.2) is 47.8 Å². The standard InChI is InChI=1S/C25H37NO6/c1-6-8-9-10-11-12-13-14-15-16-20(27)21-22(28)19(26(5)23(21)29)17-25(31,18(3)4)24(30)32-7-2/h6,8-10,15-16,18-19,27,31H,7,11-14,17H2,1-5H3/b8-6+,10-9+,16-15+,21-20+/t19-,25-/m0/s1. The van der Waals surface area contributed by atoms with E-state index < -0.39 is 41.0 Å². The van der Waals surface area contributed by atoms with Crippen molar-refractivity contribution in [2.45, 2.75) is 71.4 Å². The first-order valence-electron chi connectivity index (χ1n) is 11.2. The van der Waals surface area contributed by atoms with E-state index in [2.05, 4.69) is 6.08 Å². The maximum atomic E-state index is 12.9. The smallest absolute Gasteiger partial charge is 0.338 e. The van der Waals surface area contributed by atoms with Crippen LogP contribution < -0.4 is 0 Å². The molecule has 0 unspecified atom stereocenters. The van der Waals surface area contributed by atoms with Crippen LogP contribution >= 0.6 is 0 Å². The van der Waals surface area contributed by atoms with Gasteiger partial charge in [-0.3, -0.25) is 9.59 Å². The van der Waals surface area contributed by atoms with Crippen LogP contribution in [0.1, 0.15) is 59.8 Å². The highest BCUT2D eigenvalue weighted by Crippen LogP contribution is 2.32. The summed E-state index contributed by atoms with van der Waals surface area (Å²) in [7, 11) is 1.42. The molecule has 0 bridgehead atoms. The number of hydrogen-bond donors (Lipinski definition) is 2. The lowest BCUT2D eigenvalue weighted by atomic mass is 9.83. The molecule has 32 heavy (non-hydrogen) atoms. The Morgan fingerprint density at radius 1 is 1.19 bits per heavy atom. The lowest BCUT2D eigenvalue weighted by Crippen LogP contribution is -2.50. The molecule has 0 aliphatic carbocycles. The molecule has 0 aromatic rings. The molecule has 1 fully saturated rings. The summed E-state index contributed by atoms with van der Waals surface area (Å²) in [6.07, 6.45) is 14.4. The van der Waals surface area contributed by atoms with E-state index in [-0.39, 0.29) is 18.6 Å². The number of ether oxygens (including phenoxy) is 1. The van der Waals surface area contributed by atoms with Gasteiger partial charge in [0.2, 0.25) is 0 Å². The van der Waals surface area contributed by atoms with E-state index in [0.29, 0.717) is 6.42 Å². The highest BCUT2D eigenvalue weighted by Gasteiger charge is 2.51. The van der Waals surface area contributed by atoms with Gasteiger partial charge < -0.3 is 19.8 Å². The number of unbranched alkanes of at least 4 members (excludes halogenated alkanes) is 3. The maximum absolute atomic E-state index is 12.9. The van der Waals surface area contributed by atoms with Crippen molar-refractivity contribution in [1.82, 2.24) is 4.90 Å². The first kappa shape index (κ1) is 27.4. The number of hydrogen-bond acceptors (Lipinski definition) is 6. The Morgan fingerprint density at radius 2 is 1.81 bits per heavy atom. The van der Waals surface area contributed by atoms with Crippen molar-refractivity contribution in [3.63, 3.8) is 0 Å². The molecule has 7 nitrogen and oxygen atoms in total.